The Hall–Kier alpha value is -0.930. The van der Waals surface area contributed by atoms with Crippen LogP contribution in [0.5, 0.6) is 0 Å². The van der Waals surface area contributed by atoms with Crippen LogP contribution in [0.15, 0.2) is 24.4 Å². The van der Waals surface area contributed by atoms with E-state index in [1.54, 1.807) is 19.3 Å². The highest BCUT2D eigenvalue weighted by Gasteiger charge is 2.26. The monoisotopic (exact) mass is 207 g/mol. The molecule has 82 valence electrons. The van der Waals surface area contributed by atoms with Gasteiger partial charge in [0.2, 0.25) is 0 Å². The molecule has 4 heteroatoms. The second-order valence-electron chi connectivity index (χ2n) is 3.11. The minimum atomic E-state index is -4.08. The van der Waals surface area contributed by atoms with Gasteiger partial charge in [-0.2, -0.15) is 13.2 Å². The van der Waals surface area contributed by atoms with Gasteiger partial charge in [-0.05, 0) is 12.0 Å². The predicted octanol–water partition coefficient (Wildman–Crippen LogP) is 3.35. The molecule has 0 radical (unpaired) electrons. The Morgan fingerprint density at radius 2 is 2.00 bits per heavy atom. The van der Waals surface area contributed by atoms with Gasteiger partial charge in [-0.15, -0.1) is 0 Å². The molecule has 0 saturated heterocycles. The molecule has 0 bridgehead atoms. The molecule has 0 saturated carbocycles. The molecule has 0 atom stereocenters. The Morgan fingerprint density at radius 1 is 1.43 bits per heavy atom. The molecule has 0 aromatic heterocycles. The molecule has 0 aromatic carbocycles. The second kappa shape index (κ2) is 5.73. The number of hydrogen-bond donors (Lipinski definition) is 0. The number of alkyl halides is 3. The lowest BCUT2D eigenvalue weighted by molar-refractivity contribution is -0.136. The van der Waals surface area contributed by atoms with Crippen LogP contribution in [0.3, 0.4) is 0 Å². The highest BCUT2D eigenvalue weighted by Crippen LogP contribution is 2.19. The minimum absolute atomic E-state index is 0.0131. The molecule has 0 aliphatic carbocycles. The first-order valence-electron chi connectivity index (χ1n) is 4.49. The third kappa shape index (κ3) is 6.57. The van der Waals surface area contributed by atoms with Gasteiger partial charge < -0.3 is 4.90 Å². The molecule has 0 rings (SSSR count). The summed E-state index contributed by atoms with van der Waals surface area (Å²) in [7, 11) is 1.63. The van der Waals surface area contributed by atoms with Crippen LogP contribution < -0.4 is 0 Å². The summed E-state index contributed by atoms with van der Waals surface area (Å²) in [5, 5.41) is 0. The summed E-state index contributed by atoms with van der Waals surface area (Å²) in [4.78, 5) is 1.54. The Balaban J connectivity index is 4.03. The summed E-state index contributed by atoms with van der Waals surface area (Å²) in [6.07, 6.45) is -0.737. The van der Waals surface area contributed by atoms with E-state index in [-0.39, 0.29) is 6.54 Å². The molecule has 0 amide bonds. The number of allylic oxidation sites excluding steroid dienone is 2. The number of rotatable bonds is 5. The lowest BCUT2D eigenvalue weighted by Gasteiger charge is -2.16. The Kier molecular flexibility index (Phi) is 5.35. The zero-order valence-corrected chi connectivity index (χ0v) is 8.56. The summed E-state index contributed by atoms with van der Waals surface area (Å²) in [5.41, 5.74) is 0.940. The van der Waals surface area contributed by atoms with Crippen molar-refractivity contribution < 1.29 is 13.2 Å². The molecule has 0 fully saturated rings. The maximum absolute atomic E-state index is 11.8. The minimum Gasteiger partial charge on any atom is -0.380 e. The van der Waals surface area contributed by atoms with Gasteiger partial charge in [0.15, 0.2) is 0 Å². The molecule has 1 nitrogen and oxygen atoms in total. The summed E-state index contributed by atoms with van der Waals surface area (Å²) >= 11 is 0. The third-order valence-electron chi connectivity index (χ3n) is 1.80. The molecule has 0 aliphatic heterocycles. The van der Waals surface area contributed by atoms with E-state index in [0.717, 1.165) is 12.0 Å². The lowest BCUT2D eigenvalue weighted by atomic mass is 10.2. The molecule has 0 aliphatic rings. The predicted molar refractivity (Wildman–Crippen MR) is 51.9 cm³/mol. The van der Waals surface area contributed by atoms with Gasteiger partial charge in [0.25, 0.3) is 0 Å². The fraction of sp³-hybridized carbons (Fsp3) is 0.600. The SMILES string of the molecule is C=C/C(=C\N(C)CCC(F)(F)F)CC. The smallest absolute Gasteiger partial charge is 0.380 e. The maximum Gasteiger partial charge on any atom is 0.390 e. The van der Waals surface area contributed by atoms with E-state index in [0.29, 0.717) is 0 Å². The van der Waals surface area contributed by atoms with Crippen molar-refractivity contribution in [2.75, 3.05) is 13.6 Å². The van der Waals surface area contributed by atoms with Gasteiger partial charge in [0, 0.05) is 19.8 Å². The summed E-state index contributed by atoms with van der Waals surface area (Å²) in [6.45, 7) is 5.50. The van der Waals surface area contributed by atoms with E-state index in [2.05, 4.69) is 6.58 Å². The van der Waals surface area contributed by atoms with Crippen LogP contribution >= 0.6 is 0 Å². The topological polar surface area (TPSA) is 3.24 Å². The lowest BCUT2D eigenvalue weighted by Crippen LogP contribution is -2.20. The van der Waals surface area contributed by atoms with E-state index in [1.807, 2.05) is 6.92 Å². The van der Waals surface area contributed by atoms with Crippen molar-refractivity contribution in [1.82, 2.24) is 4.90 Å². The maximum atomic E-state index is 11.8. The van der Waals surface area contributed by atoms with Gasteiger partial charge >= 0.3 is 6.18 Å². The molecule has 0 spiro atoms. The number of nitrogens with zero attached hydrogens (tertiary/aromatic N) is 1. The largest absolute Gasteiger partial charge is 0.390 e. The zero-order chi connectivity index (χ0) is 11.2. The van der Waals surface area contributed by atoms with Gasteiger partial charge in [0.1, 0.15) is 0 Å². The highest BCUT2D eigenvalue weighted by atomic mass is 19.4. The van der Waals surface area contributed by atoms with E-state index < -0.39 is 12.6 Å². The van der Waals surface area contributed by atoms with E-state index in [9.17, 15) is 13.2 Å². The van der Waals surface area contributed by atoms with Gasteiger partial charge in [-0.3, -0.25) is 0 Å². The first-order chi connectivity index (χ1) is 6.39. The molecular formula is C10H16F3N. The van der Waals surface area contributed by atoms with Crippen molar-refractivity contribution in [1.29, 1.82) is 0 Å². The Bertz CT molecular complexity index is 206. The fourth-order valence-electron chi connectivity index (χ4n) is 0.939. The van der Waals surface area contributed by atoms with Crippen LogP contribution in [0.2, 0.25) is 0 Å². The molecule has 0 heterocycles. The first-order valence-corrected chi connectivity index (χ1v) is 4.49. The van der Waals surface area contributed by atoms with E-state index in [4.69, 9.17) is 0 Å². The Morgan fingerprint density at radius 3 is 2.36 bits per heavy atom. The standard InChI is InChI=1S/C10H16F3N/c1-4-9(5-2)8-14(3)7-6-10(11,12)13/h4,8H,1,5-7H2,2-3H3/b9-8+. The fourth-order valence-corrected chi connectivity index (χ4v) is 0.939. The van der Waals surface area contributed by atoms with Crippen molar-refractivity contribution in [2.45, 2.75) is 25.9 Å². The zero-order valence-electron chi connectivity index (χ0n) is 8.56. The molecule has 14 heavy (non-hydrogen) atoms. The van der Waals surface area contributed by atoms with Crippen molar-refractivity contribution in [3.63, 3.8) is 0 Å². The molecule has 0 N–H and O–H groups in total. The average Bonchev–Trinajstić information content (AvgIpc) is 2.09. The van der Waals surface area contributed by atoms with E-state index >= 15 is 0 Å². The summed E-state index contributed by atoms with van der Waals surface area (Å²) in [6, 6.07) is 0. The summed E-state index contributed by atoms with van der Waals surface area (Å²) < 4.78 is 35.5. The van der Waals surface area contributed by atoms with Crippen LogP contribution in [-0.4, -0.2) is 24.7 Å². The molecule has 0 unspecified atom stereocenters. The van der Waals surface area contributed by atoms with Crippen molar-refractivity contribution in [3.05, 3.63) is 24.4 Å². The van der Waals surface area contributed by atoms with Crippen LogP contribution in [-0.2, 0) is 0 Å². The van der Waals surface area contributed by atoms with Gasteiger partial charge in [-0.1, -0.05) is 19.6 Å². The molecular weight excluding hydrogens is 191 g/mol. The van der Waals surface area contributed by atoms with Gasteiger partial charge in [-0.25, -0.2) is 0 Å². The Labute approximate surface area is 82.9 Å². The van der Waals surface area contributed by atoms with Crippen molar-refractivity contribution >= 4 is 0 Å². The van der Waals surface area contributed by atoms with Crippen LogP contribution in [0.1, 0.15) is 19.8 Å². The quantitative estimate of drug-likeness (QED) is 0.625. The third-order valence-corrected chi connectivity index (χ3v) is 1.80. The normalized spacial score (nSPS) is 12.8. The van der Waals surface area contributed by atoms with Crippen LogP contribution in [0, 0.1) is 0 Å². The first kappa shape index (κ1) is 13.1. The van der Waals surface area contributed by atoms with Crippen LogP contribution in [0.4, 0.5) is 13.2 Å². The summed E-state index contributed by atoms with van der Waals surface area (Å²) in [5.74, 6) is 0. The van der Waals surface area contributed by atoms with Crippen LogP contribution in [0.25, 0.3) is 0 Å². The average molecular weight is 207 g/mol. The van der Waals surface area contributed by atoms with Crippen molar-refractivity contribution in [3.8, 4) is 0 Å². The highest BCUT2D eigenvalue weighted by molar-refractivity contribution is 5.14. The van der Waals surface area contributed by atoms with Gasteiger partial charge in [0.05, 0.1) is 6.42 Å². The number of halogens is 3. The number of hydrogen-bond acceptors (Lipinski definition) is 1. The van der Waals surface area contributed by atoms with Crippen molar-refractivity contribution in [2.24, 2.45) is 0 Å². The second-order valence-corrected chi connectivity index (χ2v) is 3.11. The molecule has 0 aromatic rings. The van der Waals surface area contributed by atoms with E-state index in [1.165, 1.54) is 4.90 Å².